The summed E-state index contributed by atoms with van der Waals surface area (Å²) in [7, 11) is -3.79. The molecule has 5 nitrogen and oxygen atoms in total. The van der Waals surface area contributed by atoms with E-state index >= 15 is 0 Å². The van der Waals surface area contributed by atoms with Crippen LogP contribution in [-0.2, 0) is 16.3 Å². The van der Waals surface area contributed by atoms with Gasteiger partial charge in [0.05, 0.1) is 10.6 Å². The van der Waals surface area contributed by atoms with Crippen LogP contribution in [0.1, 0.15) is 28.0 Å². The van der Waals surface area contributed by atoms with Gasteiger partial charge in [-0.3, -0.25) is 0 Å². The molecule has 0 aliphatic carbocycles. The molecule has 0 fully saturated rings. The van der Waals surface area contributed by atoms with Crippen LogP contribution in [0.4, 0.5) is 4.39 Å². The van der Waals surface area contributed by atoms with Crippen LogP contribution in [0.5, 0.6) is 5.75 Å². The third-order valence-corrected chi connectivity index (χ3v) is 6.82. The topological polar surface area (TPSA) is 84.6 Å². The molecule has 3 aromatic rings. The molecule has 0 bridgehead atoms. The number of hydrogen-bond acceptors (Lipinski definition) is 5. The van der Waals surface area contributed by atoms with Crippen LogP contribution in [0.3, 0.4) is 0 Å². The monoisotopic (exact) mass is 430 g/mol. The zero-order chi connectivity index (χ0) is 22.2. The van der Waals surface area contributed by atoms with Gasteiger partial charge in [-0.1, -0.05) is 23.8 Å². The van der Waals surface area contributed by atoms with E-state index in [1.807, 2.05) is 32.9 Å². The molecule has 1 heterocycles. The summed E-state index contributed by atoms with van der Waals surface area (Å²) in [4.78, 5) is 12.6. The third kappa shape index (κ3) is 4.16. The van der Waals surface area contributed by atoms with Crippen LogP contribution in [0.15, 0.2) is 50.5 Å². The Hall–Kier alpha value is -2.93. The van der Waals surface area contributed by atoms with E-state index in [9.17, 15) is 22.7 Å². The molecule has 0 aliphatic heterocycles. The van der Waals surface area contributed by atoms with E-state index < -0.39 is 21.3 Å². The lowest BCUT2D eigenvalue weighted by atomic mass is 9.93. The fourth-order valence-corrected chi connectivity index (χ4v) is 4.96. The Labute approximate surface area is 174 Å². The normalized spacial score (nSPS) is 11.6. The number of aryl methyl sites for hydroxylation is 4. The summed E-state index contributed by atoms with van der Waals surface area (Å²) in [6.45, 7) is 7.22. The summed E-state index contributed by atoms with van der Waals surface area (Å²) in [6.07, 6.45) is -0.125. The Bertz CT molecular complexity index is 1270. The number of halogens is 1. The summed E-state index contributed by atoms with van der Waals surface area (Å²) in [5.41, 5.74) is 2.94. The predicted molar refractivity (Wildman–Crippen MR) is 113 cm³/mol. The second kappa shape index (κ2) is 8.07. The number of sulfone groups is 1. The minimum Gasteiger partial charge on any atom is -0.507 e. The Kier molecular flexibility index (Phi) is 5.85. The average molecular weight is 430 g/mol. The van der Waals surface area contributed by atoms with Crippen molar-refractivity contribution in [1.29, 1.82) is 0 Å². The first-order valence-corrected chi connectivity index (χ1v) is 11.1. The second-order valence-electron chi connectivity index (χ2n) is 7.46. The number of hydrogen-bond donors (Lipinski definition) is 1. The van der Waals surface area contributed by atoms with Gasteiger partial charge in [-0.15, -0.1) is 0 Å². The van der Waals surface area contributed by atoms with Gasteiger partial charge in [-0.05, 0) is 62.6 Å². The molecule has 0 spiro atoms. The molecule has 30 heavy (non-hydrogen) atoms. The van der Waals surface area contributed by atoms with E-state index in [0.717, 1.165) is 28.8 Å². The maximum atomic E-state index is 13.4. The molecule has 0 unspecified atom stereocenters. The summed E-state index contributed by atoms with van der Waals surface area (Å²) in [6, 6.07) is 8.56. The maximum Gasteiger partial charge on any atom is 0.347 e. The highest BCUT2D eigenvalue weighted by molar-refractivity contribution is 7.91. The van der Waals surface area contributed by atoms with Crippen molar-refractivity contribution in [3.8, 4) is 16.9 Å². The van der Waals surface area contributed by atoms with Crippen molar-refractivity contribution in [2.24, 2.45) is 0 Å². The molecule has 3 rings (SSSR count). The van der Waals surface area contributed by atoms with Gasteiger partial charge in [-0.2, -0.15) is 0 Å². The fourth-order valence-electron chi connectivity index (χ4n) is 3.69. The molecule has 1 N–H and O–H groups in total. The zero-order valence-electron chi connectivity index (χ0n) is 17.2. The SMILES string of the molecule is Cc1cc(C)c(-c2c(O)c(C)c(CCS(=O)(=O)c3cccc(F)c3)oc2=O)c(C)c1. The first-order chi connectivity index (χ1) is 14.0. The number of rotatable bonds is 5. The highest BCUT2D eigenvalue weighted by Crippen LogP contribution is 2.35. The summed E-state index contributed by atoms with van der Waals surface area (Å²) in [5, 5.41) is 10.8. The van der Waals surface area contributed by atoms with Crippen LogP contribution in [0.2, 0.25) is 0 Å². The highest BCUT2D eigenvalue weighted by atomic mass is 32.2. The van der Waals surface area contributed by atoms with Crippen molar-refractivity contribution in [3.63, 3.8) is 0 Å². The Morgan fingerprint density at radius 1 is 1.00 bits per heavy atom. The van der Waals surface area contributed by atoms with E-state index in [-0.39, 0.29) is 34.1 Å². The molecule has 7 heteroatoms. The highest BCUT2D eigenvalue weighted by Gasteiger charge is 2.23. The van der Waals surface area contributed by atoms with E-state index in [0.29, 0.717) is 11.1 Å². The molecule has 0 radical (unpaired) electrons. The lowest BCUT2D eigenvalue weighted by molar-refractivity contribution is 0.422. The number of aromatic hydroxyl groups is 1. The van der Waals surface area contributed by atoms with Crippen molar-refractivity contribution in [1.82, 2.24) is 0 Å². The molecule has 158 valence electrons. The van der Waals surface area contributed by atoms with E-state index in [1.165, 1.54) is 12.1 Å². The molecule has 0 aliphatic rings. The van der Waals surface area contributed by atoms with E-state index in [2.05, 4.69) is 0 Å². The van der Waals surface area contributed by atoms with Crippen LogP contribution in [0, 0.1) is 33.5 Å². The Morgan fingerprint density at radius 2 is 1.63 bits per heavy atom. The van der Waals surface area contributed by atoms with Crippen LogP contribution < -0.4 is 5.63 Å². The van der Waals surface area contributed by atoms with E-state index in [1.54, 1.807) is 6.92 Å². The molecule has 0 saturated carbocycles. The molecule has 2 aromatic carbocycles. The molecular formula is C23H23FO5S. The molecular weight excluding hydrogens is 407 g/mol. The third-order valence-electron chi connectivity index (χ3n) is 5.11. The Morgan fingerprint density at radius 3 is 2.23 bits per heavy atom. The van der Waals surface area contributed by atoms with Gasteiger partial charge in [0, 0.05) is 12.0 Å². The minimum absolute atomic E-state index is 0.0687. The van der Waals surface area contributed by atoms with Crippen molar-refractivity contribution in [3.05, 3.63) is 80.6 Å². The number of benzene rings is 2. The quantitative estimate of drug-likeness (QED) is 0.648. The largest absolute Gasteiger partial charge is 0.507 e. The van der Waals surface area contributed by atoms with Crippen LogP contribution in [0.25, 0.3) is 11.1 Å². The van der Waals surface area contributed by atoms with Gasteiger partial charge >= 0.3 is 5.63 Å². The first kappa shape index (κ1) is 21.8. The predicted octanol–water partition coefficient (Wildman–Crippen LogP) is 4.40. The fraction of sp³-hybridized carbons (Fsp3) is 0.261. The summed E-state index contributed by atoms with van der Waals surface area (Å²) < 4.78 is 43.8. The summed E-state index contributed by atoms with van der Waals surface area (Å²) >= 11 is 0. The maximum absolute atomic E-state index is 13.4. The molecule has 1 aromatic heterocycles. The molecule has 0 atom stereocenters. The standard InChI is InChI=1S/C23H23FO5S/c1-13-10-14(2)20(15(3)11-13)21-22(25)16(4)19(29-23(21)26)8-9-30(27,28)18-7-5-6-17(24)12-18/h5-7,10-12,25H,8-9H2,1-4H3. The van der Waals surface area contributed by atoms with Crippen LogP contribution >= 0.6 is 0 Å². The van der Waals surface area contributed by atoms with Gasteiger partial charge < -0.3 is 9.52 Å². The second-order valence-corrected chi connectivity index (χ2v) is 9.57. The molecule has 0 amide bonds. The van der Waals surface area contributed by atoms with E-state index in [4.69, 9.17) is 4.42 Å². The van der Waals surface area contributed by atoms with Crippen molar-refractivity contribution in [2.75, 3.05) is 5.75 Å². The zero-order valence-corrected chi connectivity index (χ0v) is 18.1. The lowest BCUT2D eigenvalue weighted by Crippen LogP contribution is -2.14. The van der Waals surface area contributed by atoms with Gasteiger partial charge in [0.15, 0.2) is 9.84 Å². The summed E-state index contributed by atoms with van der Waals surface area (Å²) in [5.74, 6) is -1.17. The lowest BCUT2D eigenvalue weighted by Gasteiger charge is -2.15. The first-order valence-electron chi connectivity index (χ1n) is 9.43. The van der Waals surface area contributed by atoms with Crippen molar-refractivity contribution in [2.45, 2.75) is 39.0 Å². The van der Waals surface area contributed by atoms with Crippen LogP contribution in [-0.4, -0.2) is 19.3 Å². The minimum atomic E-state index is -3.79. The van der Waals surface area contributed by atoms with Crippen molar-refractivity contribution < 1.29 is 22.3 Å². The average Bonchev–Trinajstić information content (AvgIpc) is 2.65. The van der Waals surface area contributed by atoms with Gasteiger partial charge in [0.2, 0.25) is 0 Å². The van der Waals surface area contributed by atoms with Gasteiger partial charge in [-0.25, -0.2) is 17.6 Å². The van der Waals surface area contributed by atoms with Gasteiger partial charge in [0.1, 0.15) is 22.9 Å². The molecule has 0 saturated heterocycles. The van der Waals surface area contributed by atoms with Crippen molar-refractivity contribution >= 4 is 9.84 Å². The Balaban J connectivity index is 1.99. The smallest absolute Gasteiger partial charge is 0.347 e. The van der Waals surface area contributed by atoms with Gasteiger partial charge in [0.25, 0.3) is 0 Å².